The SMILES string of the molecule is Cc1ccccc1C(C)NC(=O)Nc1cccc(OC(F)F)c1C. The molecule has 0 aliphatic rings. The number of anilines is 1. The van der Waals surface area contributed by atoms with Crippen LogP contribution >= 0.6 is 0 Å². The van der Waals surface area contributed by atoms with Gasteiger partial charge in [0.2, 0.25) is 0 Å². The number of aryl methyl sites for hydroxylation is 1. The summed E-state index contributed by atoms with van der Waals surface area (Å²) in [5, 5.41) is 5.50. The van der Waals surface area contributed by atoms with Crippen molar-refractivity contribution in [3.8, 4) is 5.75 Å². The molecular weight excluding hydrogens is 314 g/mol. The maximum atomic E-state index is 12.4. The largest absolute Gasteiger partial charge is 0.434 e. The van der Waals surface area contributed by atoms with E-state index in [0.29, 0.717) is 11.3 Å². The summed E-state index contributed by atoms with van der Waals surface area (Å²) in [4.78, 5) is 12.2. The van der Waals surface area contributed by atoms with Crippen LogP contribution in [-0.4, -0.2) is 12.6 Å². The molecule has 0 spiro atoms. The van der Waals surface area contributed by atoms with Gasteiger partial charge in [0.05, 0.1) is 6.04 Å². The second kappa shape index (κ2) is 7.77. The van der Waals surface area contributed by atoms with Crippen LogP contribution < -0.4 is 15.4 Å². The highest BCUT2D eigenvalue weighted by atomic mass is 19.3. The predicted octanol–water partition coefficient (Wildman–Crippen LogP) is 4.79. The molecule has 0 saturated carbocycles. The van der Waals surface area contributed by atoms with E-state index in [2.05, 4.69) is 15.4 Å². The Balaban J connectivity index is 2.06. The second-order valence-electron chi connectivity index (χ2n) is 5.48. The minimum absolute atomic E-state index is 0.0368. The topological polar surface area (TPSA) is 50.4 Å². The Morgan fingerprint density at radius 1 is 1.08 bits per heavy atom. The van der Waals surface area contributed by atoms with Crippen LogP contribution in [0.1, 0.15) is 29.7 Å². The zero-order valence-electron chi connectivity index (χ0n) is 13.8. The number of benzene rings is 2. The Kier molecular flexibility index (Phi) is 5.73. The number of rotatable bonds is 5. The van der Waals surface area contributed by atoms with E-state index in [4.69, 9.17) is 0 Å². The zero-order chi connectivity index (χ0) is 17.7. The molecule has 0 aliphatic heterocycles. The lowest BCUT2D eigenvalue weighted by molar-refractivity contribution is -0.0502. The molecule has 24 heavy (non-hydrogen) atoms. The van der Waals surface area contributed by atoms with Crippen LogP contribution in [0.2, 0.25) is 0 Å². The molecule has 0 bridgehead atoms. The Morgan fingerprint density at radius 2 is 1.79 bits per heavy atom. The number of hydrogen-bond donors (Lipinski definition) is 2. The highest BCUT2D eigenvalue weighted by Crippen LogP contribution is 2.27. The number of nitrogens with one attached hydrogen (secondary N) is 2. The number of ether oxygens (including phenoxy) is 1. The lowest BCUT2D eigenvalue weighted by Crippen LogP contribution is -2.31. The average Bonchev–Trinajstić information content (AvgIpc) is 2.51. The summed E-state index contributed by atoms with van der Waals surface area (Å²) < 4.78 is 29.2. The van der Waals surface area contributed by atoms with E-state index >= 15 is 0 Å². The molecule has 0 radical (unpaired) electrons. The Morgan fingerprint density at radius 3 is 2.46 bits per heavy atom. The number of hydrogen-bond acceptors (Lipinski definition) is 2. The van der Waals surface area contributed by atoms with Crippen LogP contribution in [0.4, 0.5) is 19.3 Å². The van der Waals surface area contributed by atoms with Crippen molar-refractivity contribution in [2.24, 2.45) is 0 Å². The van der Waals surface area contributed by atoms with Crippen molar-refractivity contribution < 1.29 is 18.3 Å². The van der Waals surface area contributed by atoms with Crippen LogP contribution in [0, 0.1) is 13.8 Å². The van der Waals surface area contributed by atoms with Crippen LogP contribution in [-0.2, 0) is 0 Å². The van der Waals surface area contributed by atoms with Gasteiger partial charge in [-0.15, -0.1) is 0 Å². The zero-order valence-corrected chi connectivity index (χ0v) is 13.8. The number of urea groups is 1. The van der Waals surface area contributed by atoms with Crippen LogP contribution in [0.3, 0.4) is 0 Å². The van der Waals surface area contributed by atoms with Gasteiger partial charge < -0.3 is 15.4 Å². The molecule has 1 atom stereocenters. The molecule has 0 fully saturated rings. The Labute approximate surface area is 139 Å². The van der Waals surface area contributed by atoms with Gasteiger partial charge in [-0.05, 0) is 44.0 Å². The first-order chi connectivity index (χ1) is 11.4. The van der Waals surface area contributed by atoms with Gasteiger partial charge in [0.1, 0.15) is 5.75 Å². The highest BCUT2D eigenvalue weighted by Gasteiger charge is 2.14. The molecular formula is C18H20F2N2O2. The van der Waals surface area contributed by atoms with Crippen molar-refractivity contribution in [1.82, 2.24) is 5.32 Å². The third kappa shape index (κ3) is 4.44. The summed E-state index contributed by atoms with van der Waals surface area (Å²) in [6, 6.07) is 11.8. The fourth-order valence-corrected chi connectivity index (χ4v) is 2.48. The van der Waals surface area contributed by atoms with Crippen LogP contribution in [0.15, 0.2) is 42.5 Å². The molecule has 4 nitrogen and oxygen atoms in total. The first-order valence-electron chi connectivity index (χ1n) is 7.56. The monoisotopic (exact) mass is 334 g/mol. The number of carbonyl (C=O) groups excluding carboxylic acids is 1. The summed E-state index contributed by atoms with van der Waals surface area (Å²) >= 11 is 0. The summed E-state index contributed by atoms with van der Waals surface area (Å²) in [6.07, 6.45) is 0. The van der Waals surface area contributed by atoms with E-state index in [9.17, 15) is 13.6 Å². The summed E-state index contributed by atoms with van der Waals surface area (Å²) in [7, 11) is 0. The number of carbonyl (C=O) groups is 1. The van der Waals surface area contributed by atoms with Crippen molar-refractivity contribution in [1.29, 1.82) is 0 Å². The minimum Gasteiger partial charge on any atom is -0.434 e. The second-order valence-corrected chi connectivity index (χ2v) is 5.48. The molecule has 0 saturated heterocycles. The molecule has 2 rings (SSSR count). The third-order valence-corrected chi connectivity index (χ3v) is 3.75. The molecule has 2 N–H and O–H groups in total. The van der Waals surface area contributed by atoms with Crippen molar-refractivity contribution in [3.05, 3.63) is 59.2 Å². The summed E-state index contributed by atoms with van der Waals surface area (Å²) in [5.41, 5.74) is 2.95. The van der Waals surface area contributed by atoms with E-state index in [0.717, 1.165) is 11.1 Å². The predicted molar refractivity (Wildman–Crippen MR) is 89.6 cm³/mol. The molecule has 2 aromatic rings. The molecule has 0 heterocycles. The van der Waals surface area contributed by atoms with Gasteiger partial charge in [0.25, 0.3) is 0 Å². The number of alkyl halides is 2. The maximum Gasteiger partial charge on any atom is 0.387 e. The summed E-state index contributed by atoms with van der Waals surface area (Å²) in [6.45, 7) is 2.55. The molecule has 2 aromatic carbocycles. The van der Waals surface area contributed by atoms with E-state index in [1.807, 2.05) is 38.1 Å². The molecule has 2 amide bonds. The van der Waals surface area contributed by atoms with E-state index in [-0.39, 0.29) is 11.8 Å². The Bertz CT molecular complexity index is 720. The van der Waals surface area contributed by atoms with E-state index in [1.54, 1.807) is 19.1 Å². The van der Waals surface area contributed by atoms with E-state index in [1.165, 1.54) is 6.07 Å². The van der Waals surface area contributed by atoms with Gasteiger partial charge >= 0.3 is 12.6 Å². The lowest BCUT2D eigenvalue weighted by atomic mass is 10.0. The average molecular weight is 334 g/mol. The lowest BCUT2D eigenvalue weighted by Gasteiger charge is -2.18. The fraction of sp³-hybridized carbons (Fsp3) is 0.278. The Hall–Kier alpha value is -2.63. The standard InChI is InChI=1S/C18H20F2N2O2/c1-11-7-4-5-8-14(11)13(3)21-18(23)22-15-9-6-10-16(12(15)2)24-17(19)20/h4-10,13,17H,1-3H3,(H2,21,22,23). The van der Waals surface area contributed by atoms with Crippen molar-refractivity contribution >= 4 is 11.7 Å². The minimum atomic E-state index is -2.91. The van der Waals surface area contributed by atoms with Crippen molar-refractivity contribution in [2.75, 3.05) is 5.32 Å². The van der Waals surface area contributed by atoms with Gasteiger partial charge in [-0.25, -0.2) is 4.79 Å². The molecule has 128 valence electrons. The van der Waals surface area contributed by atoms with E-state index < -0.39 is 12.6 Å². The van der Waals surface area contributed by atoms with Gasteiger partial charge in [0.15, 0.2) is 0 Å². The van der Waals surface area contributed by atoms with Gasteiger partial charge in [0, 0.05) is 11.3 Å². The third-order valence-electron chi connectivity index (χ3n) is 3.75. The number of halogens is 2. The van der Waals surface area contributed by atoms with Crippen LogP contribution in [0.5, 0.6) is 5.75 Å². The van der Waals surface area contributed by atoms with Crippen LogP contribution in [0.25, 0.3) is 0 Å². The molecule has 6 heteroatoms. The number of amides is 2. The molecule has 1 unspecified atom stereocenters. The first-order valence-corrected chi connectivity index (χ1v) is 7.56. The van der Waals surface area contributed by atoms with Gasteiger partial charge in [-0.2, -0.15) is 8.78 Å². The van der Waals surface area contributed by atoms with Gasteiger partial charge in [-0.3, -0.25) is 0 Å². The maximum absolute atomic E-state index is 12.4. The van der Waals surface area contributed by atoms with Gasteiger partial charge in [-0.1, -0.05) is 30.3 Å². The first kappa shape index (κ1) is 17.7. The smallest absolute Gasteiger partial charge is 0.387 e. The van der Waals surface area contributed by atoms with Crippen molar-refractivity contribution in [2.45, 2.75) is 33.4 Å². The molecule has 0 aromatic heterocycles. The van der Waals surface area contributed by atoms with Crippen molar-refractivity contribution in [3.63, 3.8) is 0 Å². The molecule has 0 aliphatic carbocycles. The normalized spacial score (nSPS) is 11.9. The highest BCUT2D eigenvalue weighted by molar-refractivity contribution is 5.90. The summed E-state index contributed by atoms with van der Waals surface area (Å²) in [5.74, 6) is 0.0368. The quantitative estimate of drug-likeness (QED) is 0.826. The fourth-order valence-electron chi connectivity index (χ4n) is 2.48.